The summed E-state index contributed by atoms with van der Waals surface area (Å²) < 4.78 is 50.7. The van der Waals surface area contributed by atoms with Gasteiger partial charge in [0.05, 0.1) is 12.2 Å². The van der Waals surface area contributed by atoms with E-state index in [0.29, 0.717) is 80.2 Å². The normalized spacial score (nSPS) is 10.2. The summed E-state index contributed by atoms with van der Waals surface area (Å²) in [6, 6.07) is 72.8. The minimum absolute atomic E-state index is 0.0343. The van der Waals surface area contributed by atoms with E-state index in [2.05, 4.69) is 46.1 Å². The second kappa shape index (κ2) is 49.9. The summed E-state index contributed by atoms with van der Waals surface area (Å²) in [4.78, 5) is 102. The molecule has 26 nitrogen and oxygen atoms in total. The summed E-state index contributed by atoms with van der Waals surface area (Å²) in [5.74, 6) is -1.17. The van der Waals surface area contributed by atoms with Crippen molar-refractivity contribution in [2.75, 3.05) is 39.6 Å². The Kier molecular flexibility index (Phi) is 38.0. The molecule has 0 aliphatic heterocycles. The zero-order chi connectivity index (χ0) is 97.8. The van der Waals surface area contributed by atoms with Gasteiger partial charge in [0, 0.05) is 72.4 Å². The van der Waals surface area contributed by atoms with Crippen molar-refractivity contribution < 1.29 is 126 Å². The van der Waals surface area contributed by atoms with Crippen LogP contribution in [0.4, 0.5) is 0 Å². The second-order valence-electron chi connectivity index (χ2n) is 30.0. The second-order valence-corrected chi connectivity index (χ2v) is 30.0. The van der Waals surface area contributed by atoms with E-state index in [9.17, 15) is 78.9 Å². The van der Waals surface area contributed by atoms with Gasteiger partial charge >= 0.3 is 53.7 Å². The quantitative estimate of drug-likeness (QED) is 0.00918. The van der Waals surface area contributed by atoms with Gasteiger partial charge in [0.25, 0.3) is 0 Å². The number of ether oxygens (including phenoxy) is 10. The molecule has 14 aromatic carbocycles. The van der Waals surface area contributed by atoms with Crippen LogP contribution in [-0.4, -0.2) is 129 Å². The molecule has 0 saturated heterocycles. The molecular formula is C108H100O26. The monoisotopic (exact) mass is 1810 g/mol. The number of carbonyl (C=O) groups excluding carboxylic acids is 9. The standard InChI is InChI=1S/C17H16O5.C16H14O5.C16H16O4.C16H16O3.C15H14O3.2C14H12O3/c1-11(2)16(19)21-9-10-22-17(20)14-7-3-6-13-12(14)5-4-8-15(13)18;1-10(2)16(19)20-9-15(18)21-14-6-4-11-7-13(17)5-3-12(11)8-14;1-11(2)16(18)20-10-9-19-15-8-4-5-12-13(15)6-3-7-14(12)17;1-11(2)16(18)19-10-9-12-5-3-7-14-13(12)6-4-8-15(14)17;1-10(2)15(17)18-9-11-5-3-7-13-12(11)6-4-8-14(13)16;2*1-9(2)14(16)17-13-6-4-10-7-12(15)5-3-11(10)8-13/h3-8,18H,1,9-10H2,2H3;3-8,17H,1,9H2,2H3;3-8,17H,1,9-10H2,2H3;3-8,17H,1,9-10H2,2H3;3-8,16H,1,9H2,2H3;2*3-8,15H,1H2,2H3. The predicted molar refractivity (Wildman–Crippen MR) is 513 cm³/mol. The summed E-state index contributed by atoms with van der Waals surface area (Å²) in [6.45, 7) is 35.8. The third kappa shape index (κ3) is 31.0. The number of phenols is 7. The Balaban J connectivity index is 0.000000193. The van der Waals surface area contributed by atoms with E-state index in [-0.39, 0.29) is 90.4 Å². The van der Waals surface area contributed by atoms with Crippen LogP contribution in [0.3, 0.4) is 0 Å². The number of benzene rings is 14. The number of hydrogen-bond donors (Lipinski definition) is 7. The third-order valence-electron chi connectivity index (χ3n) is 18.8. The van der Waals surface area contributed by atoms with Crippen molar-refractivity contribution in [3.05, 3.63) is 357 Å². The Morgan fingerprint density at radius 1 is 0.261 bits per heavy atom. The molecule has 0 atom stereocenters. The van der Waals surface area contributed by atoms with Crippen molar-refractivity contribution in [2.24, 2.45) is 0 Å². The highest BCUT2D eigenvalue weighted by atomic mass is 16.6. The summed E-state index contributed by atoms with van der Waals surface area (Å²) in [7, 11) is 0. The number of esters is 9. The maximum atomic E-state index is 12.1. The van der Waals surface area contributed by atoms with Crippen LogP contribution in [0.2, 0.25) is 0 Å². The Hall–Kier alpha value is -17.3. The van der Waals surface area contributed by atoms with Crippen LogP contribution in [-0.2, 0) is 79.8 Å². The lowest BCUT2D eigenvalue weighted by Crippen LogP contribution is -2.18. The van der Waals surface area contributed by atoms with Gasteiger partial charge in [-0.05, 0) is 217 Å². The molecule has 14 aromatic rings. The molecule has 0 aliphatic rings. The minimum atomic E-state index is -0.678. The van der Waals surface area contributed by atoms with E-state index in [1.165, 1.54) is 13.8 Å². The Morgan fingerprint density at radius 3 is 1.00 bits per heavy atom. The summed E-state index contributed by atoms with van der Waals surface area (Å²) in [6.07, 6.45) is 0.611. The van der Waals surface area contributed by atoms with Crippen LogP contribution in [0.15, 0.2) is 340 Å². The number of phenolic OH excluding ortho intramolecular Hbond substituents is 7. The number of aromatic hydroxyl groups is 7. The summed E-state index contributed by atoms with van der Waals surface area (Å²) in [5.41, 5.74) is 4.60. The van der Waals surface area contributed by atoms with Gasteiger partial charge < -0.3 is 83.1 Å². The van der Waals surface area contributed by atoms with Gasteiger partial charge in [0.2, 0.25) is 0 Å². The fraction of sp³-hybridized carbons (Fsp3) is 0.139. The molecule has 14 rings (SSSR count). The van der Waals surface area contributed by atoms with E-state index in [4.69, 9.17) is 47.4 Å². The largest absolute Gasteiger partial charge is 0.508 e. The third-order valence-corrected chi connectivity index (χ3v) is 18.8. The topological polar surface area (TPSA) is 388 Å². The molecule has 0 unspecified atom stereocenters. The lowest BCUT2D eigenvalue weighted by atomic mass is 10.0. The van der Waals surface area contributed by atoms with Crippen LogP contribution in [0.1, 0.15) is 70.0 Å². The molecule has 0 heterocycles. The Morgan fingerprint density at radius 2 is 0.567 bits per heavy atom. The van der Waals surface area contributed by atoms with Gasteiger partial charge in [-0.3, -0.25) is 0 Å². The number of hydrogen-bond acceptors (Lipinski definition) is 26. The van der Waals surface area contributed by atoms with Crippen molar-refractivity contribution in [3.8, 4) is 63.2 Å². The summed E-state index contributed by atoms with van der Waals surface area (Å²) in [5, 5.41) is 78.5. The van der Waals surface area contributed by atoms with Gasteiger partial charge in [-0.2, -0.15) is 0 Å². The molecule has 134 heavy (non-hydrogen) atoms. The highest BCUT2D eigenvalue weighted by Crippen LogP contribution is 2.35. The van der Waals surface area contributed by atoms with Crippen molar-refractivity contribution in [2.45, 2.75) is 61.5 Å². The van der Waals surface area contributed by atoms with E-state index >= 15 is 0 Å². The summed E-state index contributed by atoms with van der Waals surface area (Å²) >= 11 is 0. The zero-order valence-corrected chi connectivity index (χ0v) is 74.7. The van der Waals surface area contributed by atoms with Crippen molar-refractivity contribution in [1.82, 2.24) is 0 Å². The highest BCUT2D eigenvalue weighted by Gasteiger charge is 2.18. The highest BCUT2D eigenvalue weighted by molar-refractivity contribution is 6.06. The molecule has 0 radical (unpaired) electrons. The predicted octanol–water partition coefficient (Wildman–Crippen LogP) is 20.9. The molecule has 0 aromatic heterocycles. The number of fused-ring (bicyclic) bond motifs is 7. The molecule has 0 fully saturated rings. The molecule has 0 bridgehead atoms. The molecule has 0 aliphatic carbocycles. The lowest BCUT2D eigenvalue weighted by Gasteiger charge is -2.10. The van der Waals surface area contributed by atoms with Crippen LogP contribution in [0.5, 0.6) is 63.2 Å². The van der Waals surface area contributed by atoms with Gasteiger partial charge in [0.15, 0.2) is 6.61 Å². The number of carbonyl (C=O) groups is 9. The first-order valence-electron chi connectivity index (χ1n) is 41.2. The Labute approximate surface area is 772 Å². The molecule has 0 saturated carbocycles. The van der Waals surface area contributed by atoms with Crippen LogP contribution in [0, 0.1) is 0 Å². The van der Waals surface area contributed by atoms with Gasteiger partial charge in [-0.25, -0.2) is 43.2 Å². The van der Waals surface area contributed by atoms with Crippen molar-refractivity contribution in [1.29, 1.82) is 0 Å². The first-order chi connectivity index (χ1) is 63.8. The van der Waals surface area contributed by atoms with Crippen molar-refractivity contribution in [3.63, 3.8) is 0 Å². The number of rotatable bonds is 25. The van der Waals surface area contributed by atoms with E-state index in [0.717, 1.165) is 75.8 Å². The fourth-order valence-corrected chi connectivity index (χ4v) is 12.1. The van der Waals surface area contributed by atoms with Gasteiger partial charge in [-0.15, -0.1) is 0 Å². The average Bonchev–Trinajstić information content (AvgIpc) is 0.882. The molecule has 688 valence electrons. The smallest absolute Gasteiger partial charge is 0.349 e. The lowest BCUT2D eigenvalue weighted by molar-refractivity contribution is -0.150. The Bertz CT molecular complexity index is 6700. The SMILES string of the molecule is C=C(C)C(=O)OCC(=O)Oc1ccc2cc(O)ccc2c1.C=C(C)C(=O)OCCOC(=O)c1cccc2c(O)cccc12.C=C(C)C(=O)OCCOc1cccc2c(O)cccc12.C=C(C)C(=O)OCCc1cccc2c(O)cccc12.C=C(C)C(=O)OCc1cccc2c(O)cccc12.C=C(C)C(=O)Oc1ccc2cc(O)ccc2c1.C=C(C)C(=O)Oc1ccc2cc(O)ccc2c1. The van der Waals surface area contributed by atoms with E-state index in [1.807, 2.05) is 66.7 Å². The maximum absolute atomic E-state index is 12.1. The van der Waals surface area contributed by atoms with Gasteiger partial charge in [-0.1, -0.05) is 192 Å². The van der Waals surface area contributed by atoms with Crippen LogP contribution >= 0.6 is 0 Å². The minimum Gasteiger partial charge on any atom is -0.508 e. The molecule has 0 amide bonds. The molecule has 26 heteroatoms. The maximum Gasteiger partial charge on any atom is 0.349 e. The van der Waals surface area contributed by atoms with E-state index < -0.39 is 54.4 Å². The molecular weight excluding hydrogens is 1710 g/mol. The van der Waals surface area contributed by atoms with Crippen molar-refractivity contribution >= 4 is 129 Å². The first kappa shape index (κ1) is 102. The van der Waals surface area contributed by atoms with Crippen LogP contribution in [0.25, 0.3) is 75.4 Å². The zero-order valence-electron chi connectivity index (χ0n) is 74.7. The average molecular weight is 1810 g/mol. The molecule has 7 N–H and O–H groups in total. The fourth-order valence-electron chi connectivity index (χ4n) is 12.1. The van der Waals surface area contributed by atoms with Crippen LogP contribution < -0.4 is 18.9 Å². The molecule has 0 spiro atoms. The first-order valence-corrected chi connectivity index (χ1v) is 41.2. The van der Waals surface area contributed by atoms with E-state index in [1.54, 1.807) is 223 Å². The van der Waals surface area contributed by atoms with Gasteiger partial charge in [0.1, 0.15) is 96.3 Å².